The lowest BCUT2D eigenvalue weighted by Crippen LogP contribution is -2.45. The first kappa shape index (κ1) is 16.9. The summed E-state index contributed by atoms with van der Waals surface area (Å²) in [7, 11) is 0. The van der Waals surface area contributed by atoms with Gasteiger partial charge in [-0.15, -0.1) is 0 Å². The molecule has 0 aromatic carbocycles. The molecular formula is C14H27N3O3. The molecule has 1 aliphatic heterocycles. The average Bonchev–Trinajstić information content (AvgIpc) is 2.33. The average molecular weight is 285 g/mol. The monoisotopic (exact) mass is 285 g/mol. The molecule has 3 N–H and O–H groups in total. The van der Waals surface area contributed by atoms with Gasteiger partial charge in [-0.25, -0.2) is 0 Å². The summed E-state index contributed by atoms with van der Waals surface area (Å²) in [6.07, 6.45) is 0.849. The summed E-state index contributed by atoms with van der Waals surface area (Å²) >= 11 is 0. The van der Waals surface area contributed by atoms with Gasteiger partial charge in [0.05, 0.1) is 0 Å². The zero-order valence-electron chi connectivity index (χ0n) is 12.7. The molecule has 1 amide bonds. The predicted molar refractivity (Wildman–Crippen MR) is 77.5 cm³/mol. The molecule has 1 rings (SSSR count). The Morgan fingerprint density at radius 1 is 1.30 bits per heavy atom. The van der Waals surface area contributed by atoms with Gasteiger partial charge in [0.25, 0.3) is 0 Å². The highest BCUT2D eigenvalue weighted by molar-refractivity contribution is 5.97. The SMILES string of the molecule is CC(C)(C)C(C(=O)O)C(=O)NCCCN1CCNCC1. The van der Waals surface area contributed by atoms with Crippen LogP contribution < -0.4 is 10.6 Å². The van der Waals surface area contributed by atoms with Crippen LogP contribution in [0, 0.1) is 11.3 Å². The van der Waals surface area contributed by atoms with Crippen molar-refractivity contribution in [3.05, 3.63) is 0 Å². The highest BCUT2D eigenvalue weighted by Gasteiger charge is 2.37. The topological polar surface area (TPSA) is 81.7 Å². The molecule has 0 spiro atoms. The van der Waals surface area contributed by atoms with E-state index in [4.69, 9.17) is 5.11 Å². The van der Waals surface area contributed by atoms with Crippen molar-refractivity contribution in [2.24, 2.45) is 11.3 Å². The van der Waals surface area contributed by atoms with E-state index in [2.05, 4.69) is 15.5 Å². The molecule has 1 aliphatic rings. The maximum Gasteiger partial charge on any atom is 0.316 e. The van der Waals surface area contributed by atoms with E-state index in [1.54, 1.807) is 20.8 Å². The third-order valence-electron chi connectivity index (χ3n) is 3.54. The lowest BCUT2D eigenvalue weighted by atomic mass is 9.80. The van der Waals surface area contributed by atoms with Crippen molar-refractivity contribution in [2.75, 3.05) is 39.3 Å². The number of piperazine rings is 1. The third kappa shape index (κ3) is 5.46. The molecule has 0 aromatic heterocycles. The molecule has 0 saturated carbocycles. The highest BCUT2D eigenvalue weighted by Crippen LogP contribution is 2.26. The Kier molecular flexibility index (Phi) is 6.42. The number of carbonyl (C=O) groups is 2. The van der Waals surface area contributed by atoms with Crippen LogP contribution in [0.2, 0.25) is 0 Å². The second-order valence-corrected chi connectivity index (χ2v) is 6.37. The Bertz CT molecular complexity index is 333. The Morgan fingerprint density at radius 3 is 2.40 bits per heavy atom. The summed E-state index contributed by atoms with van der Waals surface area (Å²) in [6.45, 7) is 10.9. The van der Waals surface area contributed by atoms with Gasteiger partial charge in [0.15, 0.2) is 0 Å². The molecule has 1 atom stereocenters. The van der Waals surface area contributed by atoms with Crippen molar-refractivity contribution in [1.29, 1.82) is 0 Å². The van der Waals surface area contributed by atoms with E-state index in [1.807, 2.05) is 0 Å². The number of carboxylic acids is 1. The largest absolute Gasteiger partial charge is 0.481 e. The maximum absolute atomic E-state index is 12.0. The van der Waals surface area contributed by atoms with Crippen LogP contribution in [0.1, 0.15) is 27.2 Å². The number of carbonyl (C=O) groups excluding carboxylic acids is 1. The van der Waals surface area contributed by atoms with Crippen molar-refractivity contribution >= 4 is 11.9 Å². The summed E-state index contributed by atoms with van der Waals surface area (Å²) in [5.41, 5.74) is -0.575. The molecule has 116 valence electrons. The minimum Gasteiger partial charge on any atom is -0.481 e. The molecule has 20 heavy (non-hydrogen) atoms. The van der Waals surface area contributed by atoms with Crippen molar-refractivity contribution in [1.82, 2.24) is 15.5 Å². The minimum atomic E-state index is -1.06. The van der Waals surface area contributed by atoms with Gasteiger partial charge in [-0.3, -0.25) is 9.59 Å². The number of nitrogens with one attached hydrogen (secondary N) is 2. The van der Waals surface area contributed by atoms with Gasteiger partial charge < -0.3 is 20.6 Å². The third-order valence-corrected chi connectivity index (χ3v) is 3.54. The molecule has 0 bridgehead atoms. The lowest BCUT2D eigenvalue weighted by Gasteiger charge is -2.28. The first-order chi connectivity index (χ1) is 9.32. The first-order valence-corrected chi connectivity index (χ1v) is 7.26. The Morgan fingerprint density at radius 2 is 1.90 bits per heavy atom. The molecule has 0 radical (unpaired) electrons. The van der Waals surface area contributed by atoms with Crippen molar-refractivity contribution in [3.8, 4) is 0 Å². The smallest absolute Gasteiger partial charge is 0.316 e. The Hall–Kier alpha value is -1.14. The van der Waals surface area contributed by atoms with Gasteiger partial charge >= 0.3 is 5.97 Å². The molecule has 0 aliphatic carbocycles. The van der Waals surface area contributed by atoms with Crippen molar-refractivity contribution < 1.29 is 14.7 Å². The number of nitrogens with zero attached hydrogens (tertiary/aromatic N) is 1. The molecular weight excluding hydrogens is 258 g/mol. The van der Waals surface area contributed by atoms with Gasteiger partial charge in [-0.1, -0.05) is 20.8 Å². The van der Waals surface area contributed by atoms with Gasteiger partial charge in [-0.05, 0) is 18.4 Å². The van der Waals surface area contributed by atoms with Crippen molar-refractivity contribution in [2.45, 2.75) is 27.2 Å². The normalized spacial score (nSPS) is 18.6. The van der Waals surface area contributed by atoms with Crippen LogP contribution in [-0.4, -0.2) is 61.2 Å². The predicted octanol–water partition coefficient (Wildman–Crippen LogP) is 0.145. The van der Waals surface area contributed by atoms with Crippen molar-refractivity contribution in [3.63, 3.8) is 0 Å². The lowest BCUT2D eigenvalue weighted by molar-refractivity contribution is -0.151. The Labute approximate surface area is 120 Å². The second kappa shape index (κ2) is 7.59. The standard InChI is InChI=1S/C14H27N3O3/c1-14(2,3)11(13(19)20)12(18)16-5-4-8-17-9-6-15-7-10-17/h11,15H,4-10H2,1-3H3,(H,16,18)(H,19,20). The number of amides is 1. The number of aliphatic carboxylic acids is 1. The number of hydrogen-bond acceptors (Lipinski definition) is 4. The minimum absolute atomic E-state index is 0.384. The summed E-state index contributed by atoms with van der Waals surface area (Å²) < 4.78 is 0. The summed E-state index contributed by atoms with van der Waals surface area (Å²) in [6, 6.07) is 0. The van der Waals surface area contributed by atoms with E-state index in [1.165, 1.54) is 0 Å². The van der Waals surface area contributed by atoms with E-state index < -0.39 is 17.3 Å². The number of rotatable bonds is 6. The maximum atomic E-state index is 12.0. The van der Waals surface area contributed by atoms with E-state index in [0.29, 0.717) is 6.54 Å². The van der Waals surface area contributed by atoms with E-state index >= 15 is 0 Å². The first-order valence-electron chi connectivity index (χ1n) is 7.26. The van der Waals surface area contributed by atoms with Crippen LogP contribution in [0.25, 0.3) is 0 Å². The quantitative estimate of drug-likeness (QED) is 0.478. The second-order valence-electron chi connectivity index (χ2n) is 6.37. The summed E-state index contributed by atoms with van der Waals surface area (Å²) in [4.78, 5) is 25.5. The molecule has 1 saturated heterocycles. The van der Waals surface area contributed by atoms with Gasteiger partial charge in [0, 0.05) is 32.7 Å². The Balaban J connectivity index is 2.29. The molecule has 6 nitrogen and oxygen atoms in total. The van der Waals surface area contributed by atoms with Crippen LogP contribution >= 0.6 is 0 Å². The van der Waals surface area contributed by atoms with Crippen LogP contribution in [-0.2, 0) is 9.59 Å². The molecule has 6 heteroatoms. The van der Waals surface area contributed by atoms with Crippen LogP contribution in [0.3, 0.4) is 0 Å². The fourth-order valence-electron chi connectivity index (χ4n) is 2.43. The van der Waals surface area contributed by atoms with Crippen LogP contribution in [0.4, 0.5) is 0 Å². The van der Waals surface area contributed by atoms with E-state index in [0.717, 1.165) is 39.1 Å². The fraction of sp³-hybridized carbons (Fsp3) is 0.857. The van der Waals surface area contributed by atoms with E-state index in [9.17, 15) is 9.59 Å². The highest BCUT2D eigenvalue weighted by atomic mass is 16.4. The van der Waals surface area contributed by atoms with Gasteiger partial charge in [-0.2, -0.15) is 0 Å². The zero-order valence-corrected chi connectivity index (χ0v) is 12.7. The number of carboxylic acid groups (broad SMARTS) is 1. The van der Waals surface area contributed by atoms with Crippen LogP contribution in [0.5, 0.6) is 0 Å². The molecule has 1 unspecified atom stereocenters. The summed E-state index contributed by atoms with van der Waals surface area (Å²) in [5.74, 6) is -2.44. The van der Waals surface area contributed by atoms with Crippen LogP contribution in [0.15, 0.2) is 0 Å². The molecule has 1 fully saturated rings. The summed E-state index contributed by atoms with van der Waals surface area (Å²) in [5, 5.41) is 15.2. The number of hydrogen-bond donors (Lipinski definition) is 3. The molecule has 1 heterocycles. The van der Waals surface area contributed by atoms with Gasteiger partial charge in [0.2, 0.25) is 5.91 Å². The molecule has 0 aromatic rings. The zero-order chi connectivity index (χ0) is 15.2. The van der Waals surface area contributed by atoms with E-state index in [-0.39, 0.29) is 5.91 Å². The fourth-order valence-corrected chi connectivity index (χ4v) is 2.43. The van der Waals surface area contributed by atoms with Gasteiger partial charge in [0.1, 0.15) is 5.92 Å².